The summed E-state index contributed by atoms with van der Waals surface area (Å²) in [7, 11) is 0. The van der Waals surface area contributed by atoms with Crippen LogP contribution in [-0.4, -0.2) is 31.9 Å². The van der Waals surface area contributed by atoms with Crippen LogP contribution in [0.4, 0.5) is 5.13 Å². The lowest BCUT2D eigenvalue weighted by molar-refractivity contribution is -0.115. The molecule has 0 aliphatic rings. The van der Waals surface area contributed by atoms with E-state index in [-0.39, 0.29) is 17.2 Å². The fourth-order valence-corrected chi connectivity index (χ4v) is 5.95. The number of carbonyl (C=O) groups is 2. The molecule has 0 bridgehead atoms. The summed E-state index contributed by atoms with van der Waals surface area (Å²) in [6.07, 6.45) is 0. The number of H-pyrrole nitrogens is 1. The first-order valence-electron chi connectivity index (χ1n) is 10.2. The molecule has 1 unspecified atom stereocenters. The Balaban J connectivity index is 1.46. The number of benzene rings is 1. The number of amides is 1. The van der Waals surface area contributed by atoms with Gasteiger partial charge >= 0.3 is 0 Å². The third-order valence-corrected chi connectivity index (χ3v) is 8.48. The molecule has 33 heavy (non-hydrogen) atoms. The Hall–Kier alpha value is -2.82. The number of ketones is 1. The molecule has 3 heterocycles. The summed E-state index contributed by atoms with van der Waals surface area (Å²) in [6.45, 7) is 7.17. The van der Waals surface area contributed by atoms with E-state index >= 15 is 0 Å². The van der Waals surface area contributed by atoms with Gasteiger partial charge in [-0.3, -0.25) is 14.4 Å². The van der Waals surface area contributed by atoms with E-state index in [9.17, 15) is 14.4 Å². The first kappa shape index (κ1) is 23.3. The van der Waals surface area contributed by atoms with Crippen LogP contribution in [-0.2, 0) is 10.5 Å². The van der Waals surface area contributed by atoms with Crippen LogP contribution in [0.3, 0.4) is 0 Å². The molecule has 0 fully saturated rings. The van der Waals surface area contributed by atoms with Crippen molar-refractivity contribution in [1.29, 1.82) is 0 Å². The first-order chi connectivity index (χ1) is 15.7. The number of thioether (sulfide) groups is 1. The lowest BCUT2D eigenvalue weighted by atomic mass is 10.1. The number of aryl methyl sites for hydroxylation is 2. The van der Waals surface area contributed by atoms with E-state index in [4.69, 9.17) is 0 Å². The van der Waals surface area contributed by atoms with Gasteiger partial charge in [-0.25, -0.2) is 9.97 Å². The summed E-state index contributed by atoms with van der Waals surface area (Å²) in [5, 5.41) is 3.42. The molecule has 4 rings (SSSR count). The monoisotopic (exact) mass is 498 g/mol. The van der Waals surface area contributed by atoms with Gasteiger partial charge in [0.05, 0.1) is 27.0 Å². The van der Waals surface area contributed by atoms with Gasteiger partial charge in [0.2, 0.25) is 5.91 Å². The number of nitrogens with zero attached hydrogens (tertiary/aromatic N) is 2. The van der Waals surface area contributed by atoms with Crippen LogP contribution in [0.25, 0.3) is 21.5 Å². The Morgan fingerprint density at radius 2 is 1.88 bits per heavy atom. The van der Waals surface area contributed by atoms with Gasteiger partial charge in [-0.1, -0.05) is 41.7 Å². The minimum absolute atomic E-state index is 0.0984. The highest BCUT2D eigenvalue weighted by Gasteiger charge is 2.21. The number of thiophene rings is 1. The number of anilines is 1. The maximum absolute atomic E-state index is 12.7. The van der Waals surface area contributed by atoms with Crippen LogP contribution in [0, 0.1) is 13.8 Å². The van der Waals surface area contributed by atoms with Crippen LogP contribution < -0.4 is 10.9 Å². The van der Waals surface area contributed by atoms with E-state index in [0.717, 1.165) is 20.8 Å². The molecule has 0 saturated heterocycles. The fraction of sp³-hybridized carbons (Fsp3) is 0.261. The highest BCUT2D eigenvalue weighted by Crippen LogP contribution is 2.32. The number of thiazole rings is 1. The second kappa shape index (κ2) is 9.58. The molecule has 1 atom stereocenters. The van der Waals surface area contributed by atoms with E-state index in [2.05, 4.69) is 20.3 Å². The molecule has 0 aliphatic carbocycles. The predicted octanol–water partition coefficient (Wildman–Crippen LogP) is 5.19. The number of aromatic amines is 1. The van der Waals surface area contributed by atoms with Crippen molar-refractivity contribution in [3.8, 4) is 11.3 Å². The van der Waals surface area contributed by atoms with E-state index in [1.165, 1.54) is 41.4 Å². The molecule has 0 radical (unpaired) electrons. The van der Waals surface area contributed by atoms with E-state index in [1.54, 1.807) is 6.92 Å². The molecule has 1 aromatic carbocycles. The van der Waals surface area contributed by atoms with Gasteiger partial charge in [-0.15, -0.1) is 23.1 Å². The normalized spacial score (nSPS) is 12.1. The molecule has 0 aliphatic heterocycles. The molecule has 0 spiro atoms. The summed E-state index contributed by atoms with van der Waals surface area (Å²) in [5.41, 5.74) is 2.20. The van der Waals surface area contributed by atoms with E-state index in [1.807, 2.05) is 44.2 Å². The Morgan fingerprint density at radius 3 is 2.58 bits per heavy atom. The molecular formula is C23H22N4O3S3. The zero-order valence-electron chi connectivity index (χ0n) is 18.5. The summed E-state index contributed by atoms with van der Waals surface area (Å²) in [5.74, 6) is 0.605. The van der Waals surface area contributed by atoms with Crippen molar-refractivity contribution in [2.75, 3.05) is 5.32 Å². The van der Waals surface area contributed by atoms with E-state index in [0.29, 0.717) is 32.7 Å². The van der Waals surface area contributed by atoms with E-state index < -0.39 is 5.25 Å². The Bertz CT molecular complexity index is 1410. The second-order valence-electron chi connectivity index (χ2n) is 7.54. The zero-order valence-corrected chi connectivity index (χ0v) is 21.0. The van der Waals surface area contributed by atoms with Gasteiger partial charge in [0.15, 0.2) is 10.9 Å². The van der Waals surface area contributed by atoms with Gasteiger partial charge in [0, 0.05) is 17.4 Å². The molecule has 1 amide bonds. The molecule has 2 N–H and O–H groups in total. The van der Waals surface area contributed by atoms with Crippen molar-refractivity contribution in [3.63, 3.8) is 0 Å². The highest BCUT2D eigenvalue weighted by atomic mass is 32.2. The Labute approximate surface area is 202 Å². The van der Waals surface area contributed by atoms with Crippen molar-refractivity contribution in [1.82, 2.24) is 15.0 Å². The third kappa shape index (κ3) is 4.92. The van der Waals surface area contributed by atoms with Gasteiger partial charge in [0.25, 0.3) is 5.56 Å². The molecule has 10 heteroatoms. The van der Waals surface area contributed by atoms with Crippen molar-refractivity contribution in [2.45, 2.75) is 38.7 Å². The predicted molar refractivity (Wildman–Crippen MR) is 137 cm³/mol. The smallest absolute Gasteiger partial charge is 0.259 e. The van der Waals surface area contributed by atoms with Crippen LogP contribution in [0.5, 0.6) is 0 Å². The Kier molecular flexibility index (Phi) is 6.78. The SMILES string of the molecule is CC(=O)c1sc(NC(=O)C(C)SCc2nc3sc(C)c(C)c3c(=O)[nH]2)nc1-c1ccccc1. The van der Waals surface area contributed by atoms with Gasteiger partial charge in [0.1, 0.15) is 10.7 Å². The van der Waals surface area contributed by atoms with Crippen molar-refractivity contribution in [2.24, 2.45) is 0 Å². The molecular weight excluding hydrogens is 476 g/mol. The molecule has 170 valence electrons. The topological polar surface area (TPSA) is 105 Å². The Morgan fingerprint density at radius 1 is 1.15 bits per heavy atom. The highest BCUT2D eigenvalue weighted by molar-refractivity contribution is 7.99. The zero-order chi connectivity index (χ0) is 23.7. The van der Waals surface area contributed by atoms with Crippen molar-refractivity contribution in [3.05, 3.63) is 61.8 Å². The van der Waals surface area contributed by atoms with Crippen LogP contribution in [0.15, 0.2) is 35.1 Å². The average Bonchev–Trinajstić information content (AvgIpc) is 3.33. The first-order valence-corrected chi connectivity index (χ1v) is 12.9. The fourth-order valence-electron chi connectivity index (χ4n) is 3.26. The van der Waals surface area contributed by atoms with Gasteiger partial charge in [-0.05, 0) is 26.3 Å². The maximum Gasteiger partial charge on any atom is 0.259 e. The summed E-state index contributed by atoms with van der Waals surface area (Å²) < 4.78 is 0. The minimum Gasteiger partial charge on any atom is -0.309 e. The second-order valence-corrected chi connectivity index (χ2v) is 11.1. The largest absolute Gasteiger partial charge is 0.309 e. The molecule has 0 saturated carbocycles. The molecule has 4 aromatic rings. The van der Waals surface area contributed by atoms with Crippen molar-refractivity contribution < 1.29 is 9.59 Å². The lowest BCUT2D eigenvalue weighted by Gasteiger charge is -2.10. The lowest BCUT2D eigenvalue weighted by Crippen LogP contribution is -2.23. The number of nitrogens with one attached hydrogen (secondary N) is 2. The number of hydrogen-bond acceptors (Lipinski definition) is 8. The maximum atomic E-state index is 12.7. The van der Waals surface area contributed by atoms with Crippen LogP contribution in [0.1, 0.15) is 39.8 Å². The number of fused-ring (bicyclic) bond motifs is 1. The number of hydrogen-bond donors (Lipinski definition) is 2. The molecule has 3 aromatic heterocycles. The quantitative estimate of drug-likeness (QED) is 0.340. The number of rotatable bonds is 7. The number of carbonyl (C=O) groups excluding carboxylic acids is 2. The summed E-state index contributed by atoms with van der Waals surface area (Å²) >= 11 is 4.04. The molecule has 7 nitrogen and oxygen atoms in total. The number of Topliss-reactive ketones (excluding diaryl/α,β-unsaturated/α-hetero) is 1. The van der Waals surface area contributed by atoms with Crippen molar-refractivity contribution >= 4 is 61.5 Å². The van der Waals surface area contributed by atoms with Gasteiger partial charge < -0.3 is 10.3 Å². The van der Waals surface area contributed by atoms with Gasteiger partial charge in [-0.2, -0.15) is 0 Å². The van der Waals surface area contributed by atoms with Crippen LogP contribution in [0.2, 0.25) is 0 Å². The van der Waals surface area contributed by atoms with Crippen LogP contribution >= 0.6 is 34.4 Å². The average molecular weight is 499 g/mol. The standard InChI is InChI=1S/C23H22N4O3S3/c1-11-13(3)32-22-17(11)21(30)24-16(25-22)10-31-14(4)20(29)27-23-26-18(19(33-23)12(2)28)15-8-6-5-7-9-15/h5-9,14H,10H2,1-4H3,(H,24,25,30)(H,26,27,29). The summed E-state index contributed by atoms with van der Waals surface area (Å²) in [6, 6.07) is 9.42. The minimum atomic E-state index is -0.414. The summed E-state index contributed by atoms with van der Waals surface area (Å²) in [4.78, 5) is 51.5. The number of aromatic nitrogens is 3. The third-order valence-electron chi connectivity index (χ3n) is 5.15.